The molecule has 1 aliphatic rings. The lowest BCUT2D eigenvalue weighted by Crippen LogP contribution is -2.21. The standard InChI is InChI=1S/C32H32N2O4/c1-2-3-4-5-9-20-36-25-15-13-24(14-16-25)31-27-18-17-26(21-29(27)38-32(34)28(31)22-33)37-30(35)19-12-23-10-7-6-8-11-23/h6-8,10-19,21,31H,2-5,9,20,34H2,1H3/b19-12+. The van der Waals surface area contributed by atoms with Crippen molar-refractivity contribution in [1.29, 1.82) is 5.26 Å². The molecule has 1 heterocycles. The molecule has 0 saturated carbocycles. The van der Waals surface area contributed by atoms with Gasteiger partial charge < -0.3 is 19.9 Å². The van der Waals surface area contributed by atoms with Crippen LogP contribution in [0, 0.1) is 11.3 Å². The molecule has 0 aliphatic carbocycles. The number of fused-ring (bicyclic) bond motifs is 1. The minimum absolute atomic E-state index is 0.0323. The topological polar surface area (TPSA) is 94.6 Å². The number of nitrogens with two attached hydrogens (primary N) is 1. The lowest BCUT2D eigenvalue weighted by molar-refractivity contribution is -0.128. The Kier molecular flexibility index (Phi) is 9.20. The molecule has 194 valence electrons. The van der Waals surface area contributed by atoms with Crippen LogP contribution in [-0.2, 0) is 4.79 Å². The molecule has 0 spiro atoms. The molecule has 2 N–H and O–H groups in total. The number of hydrogen-bond acceptors (Lipinski definition) is 6. The minimum Gasteiger partial charge on any atom is -0.494 e. The number of allylic oxidation sites excluding steroid dienone is 1. The van der Waals surface area contributed by atoms with Crippen molar-refractivity contribution in [2.75, 3.05) is 6.61 Å². The summed E-state index contributed by atoms with van der Waals surface area (Å²) in [6, 6.07) is 24.5. The Morgan fingerprint density at radius 3 is 2.47 bits per heavy atom. The first kappa shape index (κ1) is 26.6. The molecule has 38 heavy (non-hydrogen) atoms. The van der Waals surface area contributed by atoms with E-state index in [1.54, 1.807) is 24.3 Å². The Morgan fingerprint density at radius 2 is 1.74 bits per heavy atom. The Balaban J connectivity index is 1.47. The molecular weight excluding hydrogens is 476 g/mol. The molecule has 0 radical (unpaired) electrons. The van der Waals surface area contributed by atoms with Gasteiger partial charge in [0.05, 0.1) is 12.5 Å². The van der Waals surface area contributed by atoms with Crippen molar-refractivity contribution in [3.05, 3.63) is 107 Å². The molecule has 6 nitrogen and oxygen atoms in total. The maximum atomic E-state index is 12.3. The summed E-state index contributed by atoms with van der Waals surface area (Å²) in [6.45, 7) is 2.89. The predicted octanol–water partition coefficient (Wildman–Crippen LogP) is 6.87. The van der Waals surface area contributed by atoms with E-state index in [4.69, 9.17) is 19.9 Å². The van der Waals surface area contributed by atoms with Crippen LogP contribution in [0.15, 0.2) is 90.3 Å². The molecule has 0 aromatic heterocycles. The highest BCUT2D eigenvalue weighted by molar-refractivity contribution is 5.88. The van der Waals surface area contributed by atoms with E-state index in [-0.39, 0.29) is 5.88 Å². The SMILES string of the molecule is CCCCCCCOc1ccc(C2C(C#N)=C(N)Oc3cc(OC(=O)/C=C/c4ccccc4)ccc32)cc1. The lowest BCUT2D eigenvalue weighted by Gasteiger charge is -2.26. The molecule has 0 amide bonds. The number of nitrogens with zero attached hydrogens (tertiary/aromatic N) is 1. The number of carbonyl (C=O) groups is 1. The Morgan fingerprint density at radius 1 is 1.00 bits per heavy atom. The van der Waals surface area contributed by atoms with Gasteiger partial charge in [-0.05, 0) is 41.8 Å². The average Bonchev–Trinajstić information content (AvgIpc) is 2.94. The van der Waals surface area contributed by atoms with E-state index in [0.29, 0.717) is 23.7 Å². The Hall–Kier alpha value is -4.50. The van der Waals surface area contributed by atoms with E-state index < -0.39 is 11.9 Å². The number of esters is 1. The van der Waals surface area contributed by atoms with Gasteiger partial charge in [0.1, 0.15) is 28.9 Å². The zero-order valence-electron chi connectivity index (χ0n) is 21.6. The number of nitriles is 1. The van der Waals surface area contributed by atoms with Crippen molar-refractivity contribution in [2.45, 2.75) is 44.9 Å². The van der Waals surface area contributed by atoms with E-state index in [2.05, 4.69) is 13.0 Å². The van der Waals surface area contributed by atoms with Gasteiger partial charge in [-0.15, -0.1) is 0 Å². The second kappa shape index (κ2) is 13.2. The van der Waals surface area contributed by atoms with E-state index in [0.717, 1.165) is 28.9 Å². The van der Waals surface area contributed by atoms with Gasteiger partial charge in [0, 0.05) is 17.7 Å². The third-order valence-electron chi connectivity index (χ3n) is 6.35. The van der Waals surface area contributed by atoms with Crippen molar-refractivity contribution in [3.8, 4) is 23.3 Å². The van der Waals surface area contributed by atoms with Crippen molar-refractivity contribution in [3.63, 3.8) is 0 Å². The summed E-state index contributed by atoms with van der Waals surface area (Å²) < 4.78 is 17.1. The maximum absolute atomic E-state index is 12.3. The first-order valence-corrected chi connectivity index (χ1v) is 13.0. The average molecular weight is 509 g/mol. The second-order valence-corrected chi connectivity index (χ2v) is 9.12. The predicted molar refractivity (Wildman–Crippen MR) is 148 cm³/mol. The normalized spacial score (nSPS) is 14.5. The molecule has 1 aliphatic heterocycles. The maximum Gasteiger partial charge on any atom is 0.336 e. The molecule has 0 bridgehead atoms. The summed E-state index contributed by atoms with van der Waals surface area (Å²) in [4.78, 5) is 12.3. The van der Waals surface area contributed by atoms with Gasteiger partial charge in [-0.2, -0.15) is 5.26 Å². The smallest absolute Gasteiger partial charge is 0.336 e. The van der Waals surface area contributed by atoms with Gasteiger partial charge in [0.2, 0.25) is 5.88 Å². The fourth-order valence-corrected chi connectivity index (χ4v) is 4.37. The molecule has 0 fully saturated rings. The molecule has 1 unspecified atom stereocenters. The zero-order chi connectivity index (χ0) is 26.7. The van der Waals surface area contributed by atoms with E-state index >= 15 is 0 Å². The van der Waals surface area contributed by atoms with Crippen LogP contribution in [-0.4, -0.2) is 12.6 Å². The fraction of sp³-hybridized carbons (Fsp3) is 0.250. The highest BCUT2D eigenvalue weighted by Gasteiger charge is 2.31. The van der Waals surface area contributed by atoms with E-state index in [1.165, 1.54) is 31.8 Å². The summed E-state index contributed by atoms with van der Waals surface area (Å²) >= 11 is 0. The third-order valence-corrected chi connectivity index (χ3v) is 6.35. The van der Waals surface area contributed by atoms with Crippen LogP contribution in [0.3, 0.4) is 0 Å². The van der Waals surface area contributed by atoms with Gasteiger partial charge in [-0.25, -0.2) is 4.79 Å². The minimum atomic E-state index is -0.511. The third kappa shape index (κ3) is 6.83. The van der Waals surface area contributed by atoms with E-state index in [9.17, 15) is 10.1 Å². The molecule has 3 aromatic carbocycles. The van der Waals surface area contributed by atoms with Crippen molar-refractivity contribution >= 4 is 12.0 Å². The van der Waals surface area contributed by atoms with Crippen LogP contribution < -0.4 is 19.9 Å². The molecule has 1 atom stereocenters. The number of ether oxygens (including phenoxy) is 3. The van der Waals surface area contributed by atoms with Gasteiger partial charge >= 0.3 is 5.97 Å². The van der Waals surface area contributed by atoms with Gasteiger partial charge in [0.25, 0.3) is 0 Å². The Bertz CT molecular complexity index is 1340. The van der Waals surface area contributed by atoms with E-state index in [1.807, 2.05) is 54.6 Å². The molecule has 3 aromatic rings. The molecule has 6 heteroatoms. The van der Waals surface area contributed by atoms with Crippen LogP contribution >= 0.6 is 0 Å². The first-order chi connectivity index (χ1) is 18.6. The Labute approximate surface area is 224 Å². The summed E-state index contributed by atoms with van der Waals surface area (Å²) in [5.74, 6) is 0.665. The quantitative estimate of drug-likeness (QED) is 0.131. The first-order valence-electron chi connectivity index (χ1n) is 13.0. The van der Waals surface area contributed by atoms with Gasteiger partial charge in [0.15, 0.2) is 0 Å². The monoisotopic (exact) mass is 508 g/mol. The molecule has 0 saturated heterocycles. The summed E-state index contributed by atoms with van der Waals surface area (Å²) in [7, 11) is 0. The second-order valence-electron chi connectivity index (χ2n) is 9.12. The highest BCUT2D eigenvalue weighted by atomic mass is 16.5. The highest BCUT2D eigenvalue weighted by Crippen LogP contribution is 2.43. The van der Waals surface area contributed by atoms with Crippen LogP contribution in [0.4, 0.5) is 0 Å². The zero-order valence-corrected chi connectivity index (χ0v) is 21.6. The van der Waals surface area contributed by atoms with Crippen LogP contribution in [0.1, 0.15) is 61.6 Å². The molecular formula is C32H32N2O4. The van der Waals surface area contributed by atoms with Crippen LogP contribution in [0.2, 0.25) is 0 Å². The summed E-state index contributed by atoms with van der Waals surface area (Å²) in [5.41, 5.74) is 9.01. The summed E-state index contributed by atoms with van der Waals surface area (Å²) in [6.07, 6.45) is 8.97. The number of hydrogen-bond donors (Lipinski definition) is 1. The number of rotatable bonds is 11. The van der Waals surface area contributed by atoms with Gasteiger partial charge in [-0.3, -0.25) is 0 Å². The number of unbranched alkanes of at least 4 members (excludes halogenated alkanes) is 4. The number of benzene rings is 3. The van der Waals surface area contributed by atoms with Crippen molar-refractivity contribution in [1.82, 2.24) is 0 Å². The fourth-order valence-electron chi connectivity index (χ4n) is 4.37. The van der Waals surface area contributed by atoms with Crippen molar-refractivity contribution in [2.24, 2.45) is 5.73 Å². The lowest BCUT2D eigenvalue weighted by atomic mass is 9.83. The number of carbonyl (C=O) groups excluding carboxylic acids is 1. The summed E-state index contributed by atoms with van der Waals surface area (Å²) in [5, 5.41) is 9.84. The molecule has 4 rings (SSSR count). The van der Waals surface area contributed by atoms with Gasteiger partial charge in [-0.1, -0.05) is 81.1 Å². The largest absolute Gasteiger partial charge is 0.494 e. The van der Waals surface area contributed by atoms with Crippen LogP contribution in [0.5, 0.6) is 17.2 Å². The van der Waals surface area contributed by atoms with Crippen molar-refractivity contribution < 1.29 is 19.0 Å². The van der Waals surface area contributed by atoms with Crippen LogP contribution in [0.25, 0.3) is 6.08 Å².